The first-order chi connectivity index (χ1) is 6.63. The van der Waals surface area contributed by atoms with Crippen LogP contribution in [0.25, 0.3) is 0 Å². The number of hydrogen-bond acceptors (Lipinski definition) is 3. The summed E-state index contributed by atoms with van der Waals surface area (Å²) in [6.45, 7) is 0. The van der Waals surface area contributed by atoms with Gasteiger partial charge in [-0.2, -0.15) is 0 Å². The predicted octanol–water partition coefficient (Wildman–Crippen LogP) is -0.870. The van der Waals surface area contributed by atoms with Crippen molar-refractivity contribution in [1.29, 1.82) is 0 Å². The third-order valence-electron chi connectivity index (χ3n) is 1.72. The summed E-state index contributed by atoms with van der Waals surface area (Å²) in [5.41, 5.74) is 10.5. The Hall–Kier alpha value is -2.04. The lowest BCUT2D eigenvalue weighted by molar-refractivity contribution is -0.130. The summed E-state index contributed by atoms with van der Waals surface area (Å²) in [6, 6.07) is 0. The lowest BCUT2D eigenvalue weighted by atomic mass is 10.0. The van der Waals surface area contributed by atoms with Gasteiger partial charge in [-0.1, -0.05) is 12.2 Å². The number of amides is 2. The fraction of sp³-hybridized carbons (Fsp3) is 0.111. The summed E-state index contributed by atoms with van der Waals surface area (Å²) in [7, 11) is 0. The second-order valence-corrected chi connectivity index (χ2v) is 2.75. The molecular weight excluding hydrogens is 182 g/mol. The highest BCUT2D eigenvalue weighted by atomic mass is 16.2. The molecule has 0 saturated heterocycles. The smallest absolute Gasteiger partial charge is 0.236 e. The van der Waals surface area contributed by atoms with Gasteiger partial charge in [-0.25, -0.2) is 0 Å². The monoisotopic (exact) mass is 193 g/mol. The van der Waals surface area contributed by atoms with Gasteiger partial charge in [-0.3, -0.25) is 9.59 Å². The van der Waals surface area contributed by atoms with Crippen molar-refractivity contribution in [3.63, 3.8) is 0 Å². The van der Waals surface area contributed by atoms with Crippen LogP contribution < -0.4 is 16.8 Å². The molecule has 0 bridgehead atoms. The molecule has 1 rings (SSSR count). The van der Waals surface area contributed by atoms with Crippen molar-refractivity contribution in [1.82, 2.24) is 5.32 Å². The lowest BCUT2D eigenvalue weighted by Crippen LogP contribution is -2.39. The molecule has 74 valence electrons. The Bertz CT molecular complexity index is 328. The molecule has 0 atom stereocenters. The number of hydrogen-bond donors (Lipinski definition) is 3. The first-order valence-corrected chi connectivity index (χ1v) is 4.01. The molecule has 0 radical (unpaired) electrons. The maximum Gasteiger partial charge on any atom is 0.236 e. The molecule has 0 aromatic rings. The Morgan fingerprint density at radius 1 is 1.14 bits per heavy atom. The maximum atomic E-state index is 10.9. The van der Waals surface area contributed by atoms with Gasteiger partial charge >= 0.3 is 0 Å². The fourth-order valence-corrected chi connectivity index (χ4v) is 1.10. The summed E-state index contributed by atoms with van der Waals surface area (Å²) in [5.74, 6) is -2.64. The summed E-state index contributed by atoms with van der Waals surface area (Å²) in [5, 5.41) is 2.76. The van der Waals surface area contributed by atoms with Gasteiger partial charge < -0.3 is 16.8 Å². The molecule has 1 heterocycles. The van der Waals surface area contributed by atoms with Gasteiger partial charge in [-0.05, 0) is 12.2 Å². The van der Waals surface area contributed by atoms with Gasteiger partial charge in [0.05, 0.1) is 0 Å². The molecule has 0 aromatic carbocycles. The molecule has 1 aliphatic rings. The number of carbonyl (C=O) groups is 2. The van der Waals surface area contributed by atoms with Crippen molar-refractivity contribution >= 4 is 11.8 Å². The minimum Gasteiger partial charge on any atom is -0.369 e. The minimum absolute atomic E-state index is 0.384. The normalized spacial score (nSPS) is 14.5. The second-order valence-electron chi connectivity index (χ2n) is 2.75. The molecule has 5 heteroatoms. The summed E-state index contributed by atoms with van der Waals surface area (Å²) in [6.07, 6.45) is 8.33. The first-order valence-electron chi connectivity index (χ1n) is 4.01. The van der Waals surface area contributed by atoms with E-state index in [1.54, 1.807) is 30.5 Å². The van der Waals surface area contributed by atoms with Crippen LogP contribution in [0.4, 0.5) is 0 Å². The van der Waals surface area contributed by atoms with E-state index in [4.69, 9.17) is 11.5 Å². The highest BCUT2D eigenvalue weighted by Gasteiger charge is 2.25. The molecule has 0 fully saturated rings. The average Bonchev–Trinajstić information content (AvgIpc) is 2.31. The van der Waals surface area contributed by atoms with E-state index in [9.17, 15) is 9.59 Å². The summed E-state index contributed by atoms with van der Waals surface area (Å²) >= 11 is 0. The molecule has 0 aliphatic carbocycles. The number of rotatable bonds is 3. The zero-order valence-corrected chi connectivity index (χ0v) is 7.44. The van der Waals surface area contributed by atoms with Crippen LogP contribution in [0, 0.1) is 5.92 Å². The van der Waals surface area contributed by atoms with Crippen LogP contribution >= 0.6 is 0 Å². The molecule has 0 aromatic heterocycles. The SMILES string of the molecule is NC(=O)C(C(N)=O)C1=CC=CC=CN1. The van der Waals surface area contributed by atoms with Crippen LogP contribution in [0.5, 0.6) is 0 Å². The van der Waals surface area contributed by atoms with Crippen LogP contribution in [0.1, 0.15) is 0 Å². The zero-order chi connectivity index (χ0) is 10.6. The van der Waals surface area contributed by atoms with E-state index >= 15 is 0 Å². The predicted molar refractivity (Wildman–Crippen MR) is 51.4 cm³/mol. The molecule has 5 nitrogen and oxygen atoms in total. The van der Waals surface area contributed by atoms with E-state index < -0.39 is 17.7 Å². The largest absolute Gasteiger partial charge is 0.369 e. The van der Waals surface area contributed by atoms with Crippen molar-refractivity contribution in [3.05, 3.63) is 36.2 Å². The zero-order valence-electron chi connectivity index (χ0n) is 7.44. The molecule has 5 N–H and O–H groups in total. The number of nitrogens with two attached hydrogens (primary N) is 2. The molecule has 0 unspecified atom stereocenters. The Morgan fingerprint density at radius 2 is 1.79 bits per heavy atom. The van der Waals surface area contributed by atoms with E-state index in [-0.39, 0.29) is 0 Å². The number of carbonyl (C=O) groups excluding carboxylic acids is 2. The molecule has 1 aliphatic heterocycles. The molecule has 2 amide bonds. The third-order valence-corrected chi connectivity index (χ3v) is 1.72. The Kier molecular flexibility index (Phi) is 3.06. The average molecular weight is 193 g/mol. The molecular formula is C9H11N3O2. The van der Waals surface area contributed by atoms with Gasteiger partial charge in [0.2, 0.25) is 11.8 Å². The van der Waals surface area contributed by atoms with Crippen molar-refractivity contribution in [2.75, 3.05) is 0 Å². The number of nitrogens with one attached hydrogen (secondary N) is 1. The van der Waals surface area contributed by atoms with E-state index in [2.05, 4.69) is 5.32 Å². The second kappa shape index (κ2) is 4.27. The minimum atomic E-state index is -1.11. The van der Waals surface area contributed by atoms with Crippen molar-refractivity contribution in [3.8, 4) is 0 Å². The number of primary amides is 2. The van der Waals surface area contributed by atoms with Crippen molar-refractivity contribution in [2.24, 2.45) is 17.4 Å². The Labute approximate surface area is 81.1 Å². The van der Waals surface area contributed by atoms with Gasteiger partial charge in [-0.15, -0.1) is 0 Å². The van der Waals surface area contributed by atoms with Gasteiger partial charge in [0.1, 0.15) is 0 Å². The molecule has 0 saturated carbocycles. The lowest BCUT2D eigenvalue weighted by Gasteiger charge is -2.12. The topological polar surface area (TPSA) is 98.2 Å². The van der Waals surface area contributed by atoms with E-state index in [1.807, 2.05) is 0 Å². The van der Waals surface area contributed by atoms with Crippen LogP contribution in [-0.2, 0) is 9.59 Å². The van der Waals surface area contributed by atoms with E-state index in [1.165, 1.54) is 0 Å². The van der Waals surface area contributed by atoms with E-state index in [0.29, 0.717) is 5.70 Å². The number of allylic oxidation sites excluding steroid dienone is 4. The summed E-state index contributed by atoms with van der Waals surface area (Å²) < 4.78 is 0. The quantitative estimate of drug-likeness (QED) is 0.508. The van der Waals surface area contributed by atoms with Gasteiger partial charge in [0.25, 0.3) is 0 Å². The summed E-state index contributed by atoms with van der Waals surface area (Å²) in [4.78, 5) is 21.9. The fourth-order valence-electron chi connectivity index (χ4n) is 1.10. The van der Waals surface area contributed by atoms with Crippen LogP contribution in [0.15, 0.2) is 36.2 Å². The Balaban J connectivity index is 2.94. The van der Waals surface area contributed by atoms with Crippen molar-refractivity contribution in [2.45, 2.75) is 0 Å². The first kappa shape index (κ1) is 10.0. The van der Waals surface area contributed by atoms with Crippen LogP contribution in [0.2, 0.25) is 0 Å². The van der Waals surface area contributed by atoms with Gasteiger partial charge in [0, 0.05) is 11.9 Å². The van der Waals surface area contributed by atoms with Gasteiger partial charge in [0.15, 0.2) is 5.92 Å². The van der Waals surface area contributed by atoms with Crippen LogP contribution in [0.3, 0.4) is 0 Å². The maximum absolute atomic E-state index is 10.9. The van der Waals surface area contributed by atoms with Crippen molar-refractivity contribution < 1.29 is 9.59 Å². The third kappa shape index (κ3) is 2.22. The standard InChI is InChI=1S/C9H11N3O2/c10-8(13)7(9(11)14)6-4-2-1-3-5-12-6/h1-5,7,12H,(H2,10,13)(H2,11,14). The highest BCUT2D eigenvalue weighted by Crippen LogP contribution is 2.09. The molecule has 0 spiro atoms. The molecule has 14 heavy (non-hydrogen) atoms. The van der Waals surface area contributed by atoms with E-state index in [0.717, 1.165) is 0 Å². The highest BCUT2D eigenvalue weighted by molar-refractivity contribution is 6.01. The Morgan fingerprint density at radius 3 is 2.36 bits per heavy atom. The van der Waals surface area contributed by atoms with Crippen LogP contribution in [-0.4, -0.2) is 11.8 Å².